The molecule has 1 unspecified atom stereocenters. The van der Waals surface area contributed by atoms with Crippen molar-refractivity contribution in [2.45, 2.75) is 24.8 Å². The maximum atomic E-state index is 12.5. The summed E-state index contributed by atoms with van der Waals surface area (Å²) in [6, 6.07) is 8.76. The lowest BCUT2D eigenvalue weighted by molar-refractivity contribution is 0.0939. The Hall–Kier alpha value is -1.60. The number of nitrogens with one attached hydrogen (secondary N) is 1. The number of hydrogen-bond donors (Lipinski definition) is 2. The van der Waals surface area contributed by atoms with E-state index >= 15 is 0 Å². The van der Waals surface area contributed by atoms with Gasteiger partial charge in [-0.25, -0.2) is 13.6 Å². The fraction of sp³-hybridized carbons (Fsp3) is 0.188. The number of sulfonamides is 1. The highest BCUT2D eigenvalue weighted by Crippen LogP contribution is 2.26. The molecule has 1 atom stereocenters. The summed E-state index contributed by atoms with van der Waals surface area (Å²) in [5.41, 5.74) is 1.57. The van der Waals surface area contributed by atoms with Crippen LogP contribution in [-0.4, -0.2) is 14.3 Å². The van der Waals surface area contributed by atoms with E-state index in [1.54, 1.807) is 32.0 Å². The van der Waals surface area contributed by atoms with Gasteiger partial charge in [0.25, 0.3) is 5.91 Å². The van der Waals surface area contributed by atoms with Crippen molar-refractivity contribution >= 4 is 39.1 Å². The number of halogens is 2. The van der Waals surface area contributed by atoms with Gasteiger partial charge in [-0.3, -0.25) is 4.79 Å². The lowest BCUT2D eigenvalue weighted by Gasteiger charge is -2.17. The monoisotopic (exact) mass is 386 g/mol. The van der Waals surface area contributed by atoms with Crippen molar-refractivity contribution < 1.29 is 13.2 Å². The van der Waals surface area contributed by atoms with Gasteiger partial charge in [0, 0.05) is 15.6 Å². The molecule has 0 aliphatic carbocycles. The molecule has 2 aromatic rings. The number of primary sulfonamides is 1. The van der Waals surface area contributed by atoms with Gasteiger partial charge in [-0.2, -0.15) is 0 Å². The van der Waals surface area contributed by atoms with E-state index < -0.39 is 15.9 Å². The maximum Gasteiger partial charge on any atom is 0.252 e. The summed E-state index contributed by atoms with van der Waals surface area (Å²) in [7, 11) is -3.88. The molecule has 8 heteroatoms. The zero-order chi connectivity index (χ0) is 18.1. The van der Waals surface area contributed by atoms with Crippen LogP contribution in [-0.2, 0) is 10.0 Å². The molecule has 128 valence electrons. The first-order valence-electron chi connectivity index (χ1n) is 6.99. The molecule has 0 heterocycles. The Morgan fingerprint density at radius 2 is 1.83 bits per heavy atom. The van der Waals surface area contributed by atoms with Crippen LogP contribution in [0.4, 0.5) is 0 Å². The highest BCUT2D eigenvalue weighted by atomic mass is 35.5. The number of aryl methyl sites for hydroxylation is 1. The Kier molecular flexibility index (Phi) is 5.55. The summed E-state index contributed by atoms with van der Waals surface area (Å²) in [4.78, 5) is 12.4. The molecule has 0 fully saturated rings. The van der Waals surface area contributed by atoms with Gasteiger partial charge in [-0.1, -0.05) is 35.3 Å². The Bertz CT molecular complexity index is 898. The molecule has 3 N–H and O–H groups in total. The van der Waals surface area contributed by atoms with Gasteiger partial charge in [0.1, 0.15) is 0 Å². The predicted octanol–water partition coefficient (Wildman–Crippen LogP) is 3.44. The van der Waals surface area contributed by atoms with E-state index in [0.29, 0.717) is 21.2 Å². The molecular weight excluding hydrogens is 371 g/mol. The van der Waals surface area contributed by atoms with Crippen molar-refractivity contribution in [3.05, 3.63) is 63.1 Å². The molecule has 2 aromatic carbocycles. The van der Waals surface area contributed by atoms with Gasteiger partial charge >= 0.3 is 0 Å². The van der Waals surface area contributed by atoms with Gasteiger partial charge in [0.2, 0.25) is 10.0 Å². The van der Waals surface area contributed by atoms with E-state index in [2.05, 4.69) is 5.32 Å². The zero-order valence-electron chi connectivity index (χ0n) is 13.0. The minimum atomic E-state index is -3.88. The van der Waals surface area contributed by atoms with E-state index in [1.165, 1.54) is 18.2 Å². The van der Waals surface area contributed by atoms with Crippen LogP contribution >= 0.6 is 23.2 Å². The molecule has 0 radical (unpaired) electrons. The zero-order valence-corrected chi connectivity index (χ0v) is 15.3. The highest BCUT2D eigenvalue weighted by molar-refractivity contribution is 7.89. The molecule has 0 aromatic heterocycles. The third kappa shape index (κ3) is 4.27. The summed E-state index contributed by atoms with van der Waals surface area (Å²) < 4.78 is 22.9. The summed E-state index contributed by atoms with van der Waals surface area (Å²) in [5, 5.41) is 8.84. The van der Waals surface area contributed by atoms with E-state index in [1.807, 2.05) is 0 Å². The third-order valence-corrected chi connectivity index (χ3v) is 5.03. The molecule has 1 amide bonds. The van der Waals surface area contributed by atoms with Crippen LogP contribution in [0.25, 0.3) is 0 Å². The van der Waals surface area contributed by atoms with Crippen molar-refractivity contribution in [1.82, 2.24) is 5.32 Å². The normalized spacial score (nSPS) is 12.7. The molecular formula is C16H16Cl2N2O3S. The molecule has 0 spiro atoms. The fourth-order valence-electron chi connectivity index (χ4n) is 2.23. The number of rotatable bonds is 4. The van der Waals surface area contributed by atoms with E-state index in [-0.39, 0.29) is 16.5 Å². The number of carbonyl (C=O) groups is 1. The molecule has 0 saturated carbocycles. The van der Waals surface area contributed by atoms with Crippen LogP contribution < -0.4 is 10.5 Å². The van der Waals surface area contributed by atoms with Gasteiger partial charge in [-0.15, -0.1) is 0 Å². The Morgan fingerprint density at radius 3 is 2.42 bits per heavy atom. The third-order valence-electron chi connectivity index (χ3n) is 3.56. The second-order valence-electron chi connectivity index (χ2n) is 5.38. The van der Waals surface area contributed by atoms with Crippen molar-refractivity contribution in [3.63, 3.8) is 0 Å². The molecule has 0 saturated heterocycles. The molecule has 0 aliphatic rings. The minimum Gasteiger partial charge on any atom is -0.345 e. The first kappa shape index (κ1) is 18.7. The molecule has 0 bridgehead atoms. The van der Waals surface area contributed by atoms with Crippen LogP contribution in [0.3, 0.4) is 0 Å². The lowest BCUT2D eigenvalue weighted by atomic mass is 10.1. The predicted molar refractivity (Wildman–Crippen MR) is 94.9 cm³/mol. The fourth-order valence-corrected chi connectivity index (χ4v) is 3.34. The summed E-state index contributed by atoms with van der Waals surface area (Å²) >= 11 is 12.0. The average Bonchev–Trinajstić information content (AvgIpc) is 2.45. The van der Waals surface area contributed by atoms with Crippen LogP contribution in [0.1, 0.15) is 34.5 Å². The van der Waals surface area contributed by atoms with Gasteiger partial charge in [0.15, 0.2) is 0 Å². The number of amides is 1. The maximum absolute atomic E-state index is 12.5. The first-order chi connectivity index (χ1) is 11.1. The smallest absolute Gasteiger partial charge is 0.252 e. The van der Waals surface area contributed by atoms with Crippen LogP contribution in [0, 0.1) is 6.92 Å². The van der Waals surface area contributed by atoms with Crippen LogP contribution in [0.2, 0.25) is 10.0 Å². The van der Waals surface area contributed by atoms with Crippen LogP contribution in [0.15, 0.2) is 41.3 Å². The van der Waals surface area contributed by atoms with E-state index in [9.17, 15) is 13.2 Å². The lowest BCUT2D eigenvalue weighted by Crippen LogP contribution is -2.28. The van der Waals surface area contributed by atoms with Gasteiger partial charge in [-0.05, 0) is 49.2 Å². The number of benzene rings is 2. The summed E-state index contributed by atoms with van der Waals surface area (Å²) in [6.07, 6.45) is 0. The second-order valence-corrected chi connectivity index (χ2v) is 7.79. The number of carbonyl (C=O) groups excluding carboxylic acids is 1. The molecule has 0 aliphatic heterocycles. The van der Waals surface area contributed by atoms with Gasteiger partial charge in [0.05, 0.1) is 10.9 Å². The van der Waals surface area contributed by atoms with E-state index in [4.69, 9.17) is 28.3 Å². The van der Waals surface area contributed by atoms with E-state index in [0.717, 1.165) is 0 Å². The summed E-state index contributed by atoms with van der Waals surface area (Å²) in [6.45, 7) is 3.48. The summed E-state index contributed by atoms with van der Waals surface area (Å²) in [5.74, 6) is -0.420. The SMILES string of the molecule is Cc1ccc(S(N)(=O)=O)cc1C(=O)NC(C)c1ccc(Cl)cc1Cl. The topological polar surface area (TPSA) is 89.3 Å². The van der Waals surface area contributed by atoms with Crippen molar-refractivity contribution in [2.75, 3.05) is 0 Å². The molecule has 5 nitrogen and oxygen atoms in total. The Morgan fingerprint density at radius 1 is 1.17 bits per heavy atom. The highest BCUT2D eigenvalue weighted by Gasteiger charge is 2.18. The second kappa shape index (κ2) is 7.11. The largest absolute Gasteiger partial charge is 0.345 e. The van der Waals surface area contributed by atoms with Crippen LogP contribution in [0.5, 0.6) is 0 Å². The van der Waals surface area contributed by atoms with Crippen molar-refractivity contribution in [1.29, 1.82) is 0 Å². The van der Waals surface area contributed by atoms with Crippen molar-refractivity contribution in [2.24, 2.45) is 5.14 Å². The number of nitrogens with two attached hydrogens (primary N) is 1. The quantitative estimate of drug-likeness (QED) is 0.842. The number of hydrogen-bond acceptors (Lipinski definition) is 3. The Labute approximate surface area is 150 Å². The first-order valence-corrected chi connectivity index (χ1v) is 9.29. The van der Waals surface area contributed by atoms with Crippen molar-refractivity contribution in [3.8, 4) is 0 Å². The standard InChI is InChI=1S/C16H16Cl2N2O3S/c1-9-3-5-12(24(19,22)23)8-14(9)16(21)20-10(2)13-6-4-11(17)7-15(13)18/h3-8,10H,1-2H3,(H,20,21)(H2,19,22,23). The minimum absolute atomic E-state index is 0.115. The van der Waals surface area contributed by atoms with Gasteiger partial charge < -0.3 is 5.32 Å². The molecule has 24 heavy (non-hydrogen) atoms. The average molecular weight is 387 g/mol. The Balaban J connectivity index is 2.29. The molecule has 2 rings (SSSR count).